The van der Waals surface area contributed by atoms with Crippen molar-refractivity contribution in [2.75, 3.05) is 6.54 Å². The van der Waals surface area contributed by atoms with Gasteiger partial charge in [0, 0.05) is 6.54 Å². The average molecular weight is 261 g/mol. The van der Waals surface area contributed by atoms with Gasteiger partial charge in [0.05, 0.1) is 16.3 Å². The van der Waals surface area contributed by atoms with E-state index >= 15 is 0 Å². The van der Waals surface area contributed by atoms with Crippen LogP contribution in [-0.4, -0.2) is 27.7 Å². The van der Waals surface area contributed by atoms with Crippen LogP contribution in [0.2, 0.25) is 0 Å². The zero-order valence-electron chi connectivity index (χ0n) is 9.98. The smallest absolute Gasteiger partial charge is 0.233 e. The molecule has 1 fully saturated rings. The maximum atomic E-state index is 11.9. The maximum absolute atomic E-state index is 11.9. The Morgan fingerprint density at radius 1 is 1.28 bits per heavy atom. The van der Waals surface area contributed by atoms with Gasteiger partial charge < -0.3 is 10.3 Å². The Bertz CT molecular complexity index is 533. The van der Waals surface area contributed by atoms with Crippen LogP contribution in [-0.2, 0) is 4.79 Å². The summed E-state index contributed by atoms with van der Waals surface area (Å²) in [4.78, 5) is 19.6. The van der Waals surface area contributed by atoms with Gasteiger partial charge in [-0.05, 0) is 25.0 Å². The number of carbonyl (C=O) groups excluding carboxylic acids is 1. The lowest BCUT2D eigenvalue weighted by Gasteiger charge is -2.09. The van der Waals surface area contributed by atoms with E-state index in [1.807, 2.05) is 24.3 Å². The molecule has 0 saturated carbocycles. The van der Waals surface area contributed by atoms with Gasteiger partial charge in [-0.3, -0.25) is 4.79 Å². The standard InChI is InChI=1S/C13H15N3OS/c17-12-11(7-3-4-8-14-12)18-13-15-9-5-1-2-6-10(9)16-13/h1-2,5-6,11H,3-4,7-8H2,(H,14,17)(H,15,16)/t11-/m0/s1. The van der Waals surface area contributed by atoms with Crippen LogP contribution < -0.4 is 5.32 Å². The molecule has 2 heterocycles. The third-order valence-corrected chi connectivity index (χ3v) is 4.26. The number of aromatic nitrogens is 2. The largest absolute Gasteiger partial charge is 0.355 e. The van der Waals surface area contributed by atoms with Crippen LogP contribution >= 0.6 is 11.8 Å². The molecule has 1 saturated heterocycles. The van der Waals surface area contributed by atoms with Gasteiger partial charge in [0.2, 0.25) is 5.91 Å². The molecule has 1 amide bonds. The SMILES string of the molecule is O=C1NCCCC[C@@H]1Sc1nc2ccccc2[nH]1. The molecular formula is C13H15N3OS. The number of imidazole rings is 1. The molecule has 0 unspecified atom stereocenters. The minimum atomic E-state index is -0.0203. The highest BCUT2D eigenvalue weighted by Gasteiger charge is 2.22. The van der Waals surface area contributed by atoms with E-state index in [2.05, 4.69) is 15.3 Å². The fourth-order valence-electron chi connectivity index (χ4n) is 2.14. The van der Waals surface area contributed by atoms with Crippen LogP contribution in [0.4, 0.5) is 0 Å². The first-order chi connectivity index (χ1) is 8.83. The van der Waals surface area contributed by atoms with E-state index in [-0.39, 0.29) is 11.2 Å². The molecule has 4 nitrogen and oxygen atoms in total. The average Bonchev–Trinajstić information content (AvgIpc) is 2.68. The highest BCUT2D eigenvalue weighted by molar-refractivity contribution is 8.00. The summed E-state index contributed by atoms with van der Waals surface area (Å²) in [6, 6.07) is 7.92. The van der Waals surface area contributed by atoms with Gasteiger partial charge in [0.15, 0.2) is 5.16 Å². The number of carbonyl (C=O) groups is 1. The van der Waals surface area contributed by atoms with Crippen LogP contribution in [0, 0.1) is 0 Å². The van der Waals surface area contributed by atoms with Crippen molar-refractivity contribution >= 4 is 28.7 Å². The summed E-state index contributed by atoms with van der Waals surface area (Å²) in [5.74, 6) is 0.137. The van der Waals surface area contributed by atoms with E-state index in [4.69, 9.17) is 0 Å². The van der Waals surface area contributed by atoms with Gasteiger partial charge in [-0.25, -0.2) is 4.98 Å². The Morgan fingerprint density at radius 2 is 2.17 bits per heavy atom. The second kappa shape index (κ2) is 5.02. The van der Waals surface area contributed by atoms with Gasteiger partial charge in [-0.1, -0.05) is 30.3 Å². The number of nitrogens with zero attached hydrogens (tertiary/aromatic N) is 1. The number of benzene rings is 1. The molecule has 5 heteroatoms. The topological polar surface area (TPSA) is 57.8 Å². The van der Waals surface area contributed by atoms with E-state index < -0.39 is 0 Å². The van der Waals surface area contributed by atoms with Gasteiger partial charge in [-0.15, -0.1) is 0 Å². The molecule has 0 radical (unpaired) electrons. The number of thioether (sulfide) groups is 1. The van der Waals surface area contributed by atoms with Crippen molar-refractivity contribution in [2.24, 2.45) is 0 Å². The molecular weight excluding hydrogens is 246 g/mol. The minimum absolute atomic E-state index is 0.0203. The Morgan fingerprint density at radius 3 is 3.06 bits per heavy atom. The number of para-hydroxylation sites is 2. The lowest BCUT2D eigenvalue weighted by molar-refractivity contribution is -0.120. The van der Waals surface area contributed by atoms with Crippen LogP contribution in [0.25, 0.3) is 11.0 Å². The summed E-state index contributed by atoms with van der Waals surface area (Å²) in [5.41, 5.74) is 1.98. The first-order valence-corrected chi connectivity index (χ1v) is 7.10. The van der Waals surface area contributed by atoms with Crippen LogP contribution in [0.3, 0.4) is 0 Å². The van der Waals surface area contributed by atoms with E-state index in [1.165, 1.54) is 11.8 Å². The second-order valence-electron chi connectivity index (χ2n) is 4.45. The number of hydrogen-bond donors (Lipinski definition) is 2. The zero-order valence-corrected chi connectivity index (χ0v) is 10.8. The number of amides is 1. The molecule has 0 aliphatic carbocycles. The van der Waals surface area contributed by atoms with Crippen LogP contribution in [0.1, 0.15) is 19.3 Å². The molecule has 2 aromatic rings. The third kappa shape index (κ3) is 2.36. The van der Waals surface area contributed by atoms with Crippen molar-refractivity contribution < 1.29 is 4.79 Å². The van der Waals surface area contributed by atoms with Crippen molar-refractivity contribution in [3.05, 3.63) is 24.3 Å². The summed E-state index contributed by atoms with van der Waals surface area (Å²) in [7, 11) is 0. The number of rotatable bonds is 2. The van der Waals surface area contributed by atoms with E-state index in [1.54, 1.807) is 0 Å². The van der Waals surface area contributed by atoms with Crippen molar-refractivity contribution in [3.63, 3.8) is 0 Å². The fraction of sp³-hybridized carbons (Fsp3) is 0.385. The normalized spacial score (nSPS) is 20.7. The van der Waals surface area contributed by atoms with E-state index in [9.17, 15) is 4.79 Å². The van der Waals surface area contributed by atoms with Crippen LogP contribution in [0.5, 0.6) is 0 Å². The zero-order chi connectivity index (χ0) is 12.4. The van der Waals surface area contributed by atoms with Gasteiger partial charge in [0.1, 0.15) is 0 Å². The molecule has 1 aromatic carbocycles. The summed E-state index contributed by atoms with van der Waals surface area (Å²) in [6.07, 6.45) is 3.09. The Kier molecular flexibility index (Phi) is 3.23. The molecule has 94 valence electrons. The summed E-state index contributed by atoms with van der Waals surface area (Å²) in [5, 5.41) is 3.76. The van der Waals surface area contributed by atoms with Crippen molar-refractivity contribution in [1.29, 1.82) is 0 Å². The summed E-state index contributed by atoms with van der Waals surface area (Å²) >= 11 is 1.53. The third-order valence-electron chi connectivity index (χ3n) is 3.11. The molecule has 1 aliphatic heterocycles. The molecule has 0 spiro atoms. The molecule has 1 aromatic heterocycles. The Labute approximate surface area is 110 Å². The maximum Gasteiger partial charge on any atom is 0.233 e. The summed E-state index contributed by atoms with van der Waals surface area (Å²) < 4.78 is 0. The molecule has 18 heavy (non-hydrogen) atoms. The summed E-state index contributed by atoms with van der Waals surface area (Å²) in [6.45, 7) is 0.802. The first-order valence-electron chi connectivity index (χ1n) is 6.22. The van der Waals surface area contributed by atoms with E-state index in [0.29, 0.717) is 0 Å². The number of nitrogens with one attached hydrogen (secondary N) is 2. The number of hydrogen-bond acceptors (Lipinski definition) is 3. The van der Waals surface area contributed by atoms with Gasteiger partial charge >= 0.3 is 0 Å². The lowest BCUT2D eigenvalue weighted by Crippen LogP contribution is -2.30. The highest BCUT2D eigenvalue weighted by atomic mass is 32.2. The predicted octanol–water partition coefficient (Wildman–Crippen LogP) is 2.32. The van der Waals surface area contributed by atoms with Crippen molar-refractivity contribution in [1.82, 2.24) is 15.3 Å². The second-order valence-corrected chi connectivity index (χ2v) is 5.64. The number of aromatic amines is 1. The highest BCUT2D eigenvalue weighted by Crippen LogP contribution is 2.27. The molecule has 2 N–H and O–H groups in total. The minimum Gasteiger partial charge on any atom is -0.355 e. The monoisotopic (exact) mass is 261 g/mol. The fourth-order valence-corrected chi connectivity index (χ4v) is 3.21. The predicted molar refractivity (Wildman–Crippen MR) is 72.6 cm³/mol. The Balaban J connectivity index is 1.80. The lowest BCUT2D eigenvalue weighted by atomic mass is 10.2. The van der Waals surface area contributed by atoms with Gasteiger partial charge in [0.25, 0.3) is 0 Å². The van der Waals surface area contributed by atoms with Gasteiger partial charge in [-0.2, -0.15) is 0 Å². The van der Waals surface area contributed by atoms with Crippen LogP contribution in [0.15, 0.2) is 29.4 Å². The molecule has 3 rings (SSSR count). The number of H-pyrrole nitrogens is 1. The quantitative estimate of drug-likeness (QED) is 0.872. The molecule has 1 aliphatic rings. The van der Waals surface area contributed by atoms with Crippen molar-refractivity contribution in [2.45, 2.75) is 29.7 Å². The van der Waals surface area contributed by atoms with Crippen molar-refractivity contribution in [3.8, 4) is 0 Å². The Hall–Kier alpha value is -1.49. The first kappa shape index (κ1) is 11.6. The molecule has 0 bridgehead atoms. The van der Waals surface area contributed by atoms with E-state index in [0.717, 1.165) is 42.0 Å². The number of fused-ring (bicyclic) bond motifs is 1. The molecule has 1 atom stereocenters.